The molecule has 2 heterocycles. The summed E-state index contributed by atoms with van der Waals surface area (Å²) in [5.41, 5.74) is 3.03. The van der Waals surface area contributed by atoms with Crippen LogP contribution >= 0.6 is 11.3 Å². The predicted molar refractivity (Wildman–Crippen MR) is 118 cm³/mol. The molecule has 158 valence electrons. The summed E-state index contributed by atoms with van der Waals surface area (Å²) in [7, 11) is 1.71. The normalized spacial score (nSPS) is 11.4. The topological polar surface area (TPSA) is 109 Å². The van der Waals surface area contributed by atoms with Gasteiger partial charge in [0.25, 0.3) is 11.8 Å². The molecule has 0 spiro atoms. The summed E-state index contributed by atoms with van der Waals surface area (Å²) in [4.78, 5) is 29.7. The number of anilines is 2. The molecule has 2 amide bonds. The number of aromatic hydroxyl groups is 1. The molecule has 0 unspecified atom stereocenters. The second kappa shape index (κ2) is 7.91. The summed E-state index contributed by atoms with van der Waals surface area (Å²) in [5, 5.41) is 20.1. The molecule has 2 aromatic heterocycles. The number of carbonyl (C=O) groups is 2. The van der Waals surface area contributed by atoms with E-state index in [0.29, 0.717) is 27.0 Å². The Hall–Kier alpha value is -3.20. The minimum atomic E-state index is -0.361. The Balaban J connectivity index is 1.74. The van der Waals surface area contributed by atoms with Gasteiger partial charge in [-0.2, -0.15) is 5.10 Å². The molecule has 8 nitrogen and oxygen atoms in total. The molecule has 0 aliphatic heterocycles. The van der Waals surface area contributed by atoms with Crippen LogP contribution in [-0.4, -0.2) is 31.7 Å². The van der Waals surface area contributed by atoms with E-state index in [2.05, 4.69) is 20.7 Å². The van der Waals surface area contributed by atoms with E-state index in [-0.39, 0.29) is 23.0 Å². The summed E-state index contributed by atoms with van der Waals surface area (Å²) in [6.45, 7) is 9.66. The molecule has 0 saturated heterocycles. The van der Waals surface area contributed by atoms with Crippen molar-refractivity contribution in [3.8, 4) is 5.75 Å². The van der Waals surface area contributed by atoms with Crippen LogP contribution < -0.4 is 10.6 Å². The fourth-order valence-electron chi connectivity index (χ4n) is 2.85. The van der Waals surface area contributed by atoms with Gasteiger partial charge in [0, 0.05) is 18.0 Å². The number of amides is 2. The Bertz CT molecular complexity index is 1120. The van der Waals surface area contributed by atoms with Gasteiger partial charge in [-0.15, -0.1) is 0 Å². The van der Waals surface area contributed by atoms with E-state index in [1.54, 1.807) is 32.2 Å². The Morgan fingerprint density at radius 2 is 1.83 bits per heavy atom. The van der Waals surface area contributed by atoms with Gasteiger partial charge in [-0.1, -0.05) is 38.2 Å². The summed E-state index contributed by atoms with van der Waals surface area (Å²) in [5.74, 6) is -0.596. The van der Waals surface area contributed by atoms with Gasteiger partial charge < -0.3 is 10.4 Å². The number of benzene rings is 1. The number of hydrogen-bond acceptors (Lipinski definition) is 6. The lowest BCUT2D eigenvalue weighted by molar-refractivity contribution is 0.101. The highest BCUT2D eigenvalue weighted by atomic mass is 32.1. The molecule has 30 heavy (non-hydrogen) atoms. The van der Waals surface area contributed by atoms with E-state index in [9.17, 15) is 14.7 Å². The monoisotopic (exact) mass is 427 g/mol. The molecule has 1 aromatic carbocycles. The minimum absolute atomic E-state index is 0.110. The van der Waals surface area contributed by atoms with Gasteiger partial charge in [0.1, 0.15) is 16.3 Å². The van der Waals surface area contributed by atoms with Crippen molar-refractivity contribution in [1.82, 2.24) is 14.8 Å². The zero-order valence-electron chi connectivity index (χ0n) is 17.8. The number of hydrogen-bond donors (Lipinski definition) is 3. The van der Waals surface area contributed by atoms with Crippen LogP contribution in [0.4, 0.5) is 10.8 Å². The first kappa shape index (κ1) is 21.5. The molecule has 3 aromatic rings. The molecule has 0 aliphatic carbocycles. The number of thiazole rings is 1. The third kappa shape index (κ3) is 4.35. The van der Waals surface area contributed by atoms with Crippen LogP contribution in [0.25, 0.3) is 0 Å². The first-order valence-electron chi connectivity index (χ1n) is 9.39. The van der Waals surface area contributed by atoms with Crippen molar-refractivity contribution in [2.24, 2.45) is 7.05 Å². The Kier molecular flexibility index (Phi) is 5.67. The van der Waals surface area contributed by atoms with Crippen molar-refractivity contribution < 1.29 is 14.7 Å². The third-order valence-electron chi connectivity index (χ3n) is 4.71. The fourth-order valence-corrected chi connectivity index (χ4v) is 3.55. The summed E-state index contributed by atoms with van der Waals surface area (Å²) < 4.78 is 1.53. The van der Waals surface area contributed by atoms with Gasteiger partial charge in [-0.25, -0.2) is 4.98 Å². The zero-order valence-corrected chi connectivity index (χ0v) is 18.6. The van der Waals surface area contributed by atoms with Crippen LogP contribution in [0.5, 0.6) is 5.75 Å². The van der Waals surface area contributed by atoms with Crippen molar-refractivity contribution in [2.75, 3.05) is 10.6 Å². The standard InChI is InChI=1S/C21H25N5O3S/c1-11-7-8-14(27)12(2)17(11)23-19(29)15-10-22-20(30-15)24-18(28)13-9-16(21(3,4)5)25-26(13)6/h7-10,27H,1-6H3,(H,23,29)(H,22,24,28). The molecule has 3 rings (SSSR count). The molecule has 3 N–H and O–H groups in total. The molecule has 9 heteroatoms. The van der Waals surface area contributed by atoms with E-state index in [4.69, 9.17) is 0 Å². The van der Waals surface area contributed by atoms with Gasteiger partial charge in [-0.3, -0.25) is 19.6 Å². The lowest BCUT2D eigenvalue weighted by Gasteiger charge is -2.13. The van der Waals surface area contributed by atoms with Gasteiger partial charge in [-0.05, 0) is 31.5 Å². The van der Waals surface area contributed by atoms with E-state index in [1.807, 2.05) is 27.7 Å². The summed E-state index contributed by atoms with van der Waals surface area (Å²) >= 11 is 1.07. The number of phenolic OH excluding ortho intramolecular Hbond substituents is 1. The van der Waals surface area contributed by atoms with E-state index in [1.165, 1.54) is 10.9 Å². The second-order valence-electron chi connectivity index (χ2n) is 8.13. The second-order valence-corrected chi connectivity index (χ2v) is 9.16. The lowest BCUT2D eigenvalue weighted by atomic mass is 9.92. The highest BCUT2D eigenvalue weighted by molar-refractivity contribution is 7.17. The zero-order chi connectivity index (χ0) is 22.2. The van der Waals surface area contributed by atoms with Gasteiger partial charge in [0.15, 0.2) is 5.13 Å². The quantitative estimate of drug-likeness (QED) is 0.583. The maximum Gasteiger partial charge on any atom is 0.275 e. The van der Waals surface area contributed by atoms with Crippen molar-refractivity contribution in [1.29, 1.82) is 0 Å². The molecule has 0 saturated carbocycles. The molecule has 0 radical (unpaired) electrons. The lowest BCUT2D eigenvalue weighted by Crippen LogP contribution is -2.15. The fraction of sp³-hybridized carbons (Fsp3) is 0.333. The largest absolute Gasteiger partial charge is 0.508 e. The first-order chi connectivity index (χ1) is 14.0. The summed E-state index contributed by atoms with van der Waals surface area (Å²) in [6, 6.07) is 5.07. The molecule has 0 fully saturated rings. The van der Waals surface area contributed by atoms with Crippen LogP contribution in [0.1, 0.15) is 57.8 Å². The predicted octanol–water partition coefficient (Wildman–Crippen LogP) is 4.00. The molecule has 0 aliphatic rings. The molecular weight excluding hydrogens is 402 g/mol. The molecule has 0 atom stereocenters. The number of aromatic nitrogens is 3. The van der Waals surface area contributed by atoms with Crippen LogP contribution in [0.2, 0.25) is 0 Å². The van der Waals surface area contributed by atoms with Crippen LogP contribution in [0, 0.1) is 13.8 Å². The number of nitrogens with zero attached hydrogens (tertiary/aromatic N) is 3. The number of nitrogens with one attached hydrogen (secondary N) is 2. The van der Waals surface area contributed by atoms with E-state index in [0.717, 1.165) is 22.6 Å². The van der Waals surface area contributed by atoms with Crippen LogP contribution in [0.15, 0.2) is 24.4 Å². The van der Waals surface area contributed by atoms with Gasteiger partial charge >= 0.3 is 0 Å². The maximum atomic E-state index is 12.6. The van der Waals surface area contributed by atoms with E-state index < -0.39 is 0 Å². The van der Waals surface area contributed by atoms with Crippen LogP contribution in [0.3, 0.4) is 0 Å². The average molecular weight is 428 g/mol. The molecule has 0 bridgehead atoms. The summed E-state index contributed by atoms with van der Waals surface area (Å²) in [6.07, 6.45) is 1.41. The minimum Gasteiger partial charge on any atom is -0.508 e. The molecular formula is C21H25N5O3S. The Morgan fingerprint density at radius 1 is 1.13 bits per heavy atom. The number of phenols is 1. The highest BCUT2D eigenvalue weighted by Gasteiger charge is 2.22. The maximum absolute atomic E-state index is 12.6. The van der Waals surface area contributed by atoms with E-state index >= 15 is 0 Å². The van der Waals surface area contributed by atoms with Gasteiger partial charge in [0.2, 0.25) is 0 Å². The smallest absolute Gasteiger partial charge is 0.275 e. The third-order valence-corrected chi connectivity index (χ3v) is 5.63. The number of carbonyl (C=O) groups excluding carboxylic acids is 2. The SMILES string of the molecule is Cc1ccc(O)c(C)c1NC(=O)c1cnc(NC(=O)c2cc(C(C)(C)C)nn2C)s1. The number of rotatable bonds is 4. The highest BCUT2D eigenvalue weighted by Crippen LogP contribution is 2.29. The average Bonchev–Trinajstić information content (AvgIpc) is 3.28. The Morgan fingerprint density at radius 3 is 2.47 bits per heavy atom. The van der Waals surface area contributed by atoms with Crippen molar-refractivity contribution in [3.05, 3.63) is 51.8 Å². The van der Waals surface area contributed by atoms with Gasteiger partial charge in [0.05, 0.1) is 17.6 Å². The van der Waals surface area contributed by atoms with Crippen molar-refractivity contribution in [2.45, 2.75) is 40.0 Å². The number of aryl methyl sites for hydroxylation is 2. The Labute approximate surface area is 179 Å². The van der Waals surface area contributed by atoms with Crippen LogP contribution in [-0.2, 0) is 12.5 Å². The first-order valence-corrected chi connectivity index (χ1v) is 10.2. The van der Waals surface area contributed by atoms with Crippen molar-refractivity contribution >= 4 is 34.0 Å². The van der Waals surface area contributed by atoms with Crippen molar-refractivity contribution in [3.63, 3.8) is 0 Å².